The molecule has 5 atom stereocenters. The third-order valence-corrected chi connectivity index (χ3v) is 3.88. The molecule has 1 fully saturated rings. The van der Waals surface area contributed by atoms with Crippen molar-refractivity contribution in [1.82, 2.24) is 0 Å². The van der Waals surface area contributed by atoms with Crippen LogP contribution in [0.25, 0.3) is 0 Å². The first kappa shape index (κ1) is 18.8. The molecule has 4 N–H and O–H groups in total. The monoisotopic (exact) mass is 306 g/mol. The van der Waals surface area contributed by atoms with Crippen LogP contribution in [0.2, 0.25) is 0 Å². The fourth-order valence-corrected chi connectivity index (χ4v) is 2.46. The van der Waals surface area contributed by atoms with Gasteiger partial charge in [-0.25, -0.2) is 0 Å². The maximum atomic E-state index is 9.78. The normalized spacial score (nSPS) is 33.3. The molecule has 0 aliphatic carbocycles. The molecular formula is C15H30O6. The van der Waals surface area contributed by atoms with Crippen LogP contribution in [0.15, 0.2) is 0 Å². The Bertz CT molecular complexity index is 261. The second kappa shape index (κ2) is 10.5. The van der Waals surface area contributed by atoms with Gasteiger partial charge in [0.05, 0.1) is 6.61 Å². The van der Waals surface area contributed by atoms with Crippen LogP contribution in [0.4, 0.5) is 0 Å². The van der Waals surface area contributed by atoms with Gasteiger partial charge in [0, 0.05) is 6.61 Å². The van der Waals surface area contributed by atoms with E-state index in [-0.39, 0.29) is 0 Å². The van der Waals surface area contributed by atoms with Gasteiger partial charge in [0.25, 0.3) is 0 Å². The zero-order valence-electron chi connectivity index (χ0n) is 12.9. The largest absolute Gasteiger partial charge is 0.394 e. The Morgan fingerprint density at radius 1 is 0.857 bits per heavy atom. The zero-order valence-corrected chi connectivity index (χ0v) is 12.9. The lowest BCUT2D eigenvalue weighted by Crippen LogP contribution is -2.59. The van der Waals surface area contributed by atoms with Gasteiger partial charge in [-0.2, -0.15) is 0 Å². The van der Waals surface area contributed by atoms with E-state index in [0.29, 0.717) is 6.61 Å². The van der Waals surface area contributed by atoms with E-state index in [4.69, 9.17) is 14.6 Å². The molecule has 0 aromatic heterocycles. The number of hydrogen-bond acceptors (Lipinski definition) is 6. The van der Waals surface area contributed by atoms with Crippen LogP contribution in [-0.2, 0) is 9.47 Å². The predicted molar refractivity (Wildman–Crippen MR) is 77.7 cm³/mol. The molecular weight excluding hydrogens is 276 g/mol. The molecule has 126 valence electrons. The van der Waals surface area contributed by atoms with Crippen LogP contribution in [-0.4, -0.2) is 64.3 Å². The Balaban J connectivity index is 2.16. The molecule has 1 aliphatic heterocycles. The van der Waals surface area contributed by atoms with Crippen molar-refractivity contribution in [3.63, 3.8) is 0 Å². The molecule has 0 radical (unpaired) electrons. The van der Waals surface area contributed by atoms with E-state index in [1.165, 1.54) is 25.7 Å². The molecule has 0 spiro atoms. The van der Waals surface area contributed by atoms with Crippen molar-refractivity contribution in [2.24, 2.45) is 0 Å². The standard InChI is InChI=1S/C15H30O6/c1-2-3-4-5-6-7-8-9-20-15-14(19)13(18)12(17)11(10-16)21-15/h11-19H,2-10H2,1H3/t11-,12+,13+,14+,15+/m1/s1. The highest BCUT2D eigenvalue weighted by molar-refractivity contribution is 4.88. The molecule has 0 bridgehead atoms. The lowest BCUT2D eigenvalue weighted by atomic mass is 9.99. The van der Waals surface area contributed by atoms with Crippen LogP contribution in [0.5, 0.6) is 0 Å². The van der Waals surface area contributed by atoms with E-state index in [1.54, 1.807) is 0 Å². The molecule has 21 heavy (non-hydrogen) atoms. The fraction of sp³-hybridized carbons (Fsp3) is 1.00. The number of hydrogen-bond donors (Lipinski definition) is 4. The van der Waals surface area contributed by atoms with Crippen molar-refractivity contribution < 1.29 is 29.9 Å². The summed E-state index contributed by atoms with van der Waals surface area (Å²) in [6, 6.07) is 0. The number of aliphatic hydroxyl groups excluding tert-OH is 4. The summed E-state index contributed by atoms with van der Waals surface area (Å²) >= 11 is 0. The summed E-state index contributed by atoms with van der Waals surface area (Å²) < 4.78 is 10.7. The smallest absolute Gasteiger partial charge is 0.186 e. The molecule has 1 rings (SSSR count). The average molecular weight is 306 g/mol. The number of rotatable bonds is 10. The SMILES string of the molecule is CCCCCCCCCO[C@H]1O[C@H](CO)[C@H](O)[C@H](O)[C@@H]1O. The molecule has 0 unspecified atom stereocenters. The third kappa shape index (κ3) is 6.18. The first-order valence-electron chi connectivity index (χ1n) is 8.04. The highest BCUT2D eigenvalue weighted by atomic mass is 16.7. The lowest BCUT2D eigenvalue weighted by Gasteiger charge is -2.39. The minimum absolute atomic E-state index is 0.427. The van der Waals surface area contributed by atoms with Crippen LogP contribution in [0.1, 0.15) is 51.9 Å². The molecule has 0 amide bonds. The number of aliphatic hydroxyl groups is 4. The van der Waals surface area contributed by atoms with E-state index < -0.39 is 37.3 Å². The van der Waals surface area contributed by atoms with Gasteiger partial charge in [-0.3, -0.25) is 0 Å². The van der Waals surface area contributed by atoms with Crippen molar-refractivity contribution in [3.8, 4) is 0 Å². The van der Waals surface area contributed by atoms with Gasteiger partial charge >= 0.3 is 0 Å². The summed E-state index contributed by atoms with van der Waals surface area (Å²) in [5.41, 5.74) is 0. The minimum atomic E-state index is -1.37. The van der Waals surface area contributed by atoms with Crippen molar-refractivity contribution >= 4 is 0 Å². The van der Waals surface area contributed by atoms with Gasteiger partial charge in [-0.15, -0.1) is 0 Å². The molecule has 1 heterocycles. The molecule has 1 aliphatic rings. The molecule has 0 aromatic carbocycles. The number of ether oxygens (including phenoxy) is 2. The van der Waals surface area contributed by atoms with Crippen molar-refractivity contribution in [1.29, 1.82) is 0 Å². The first-order valence-corrected chi connectivity index (χ1v) is 8.04. The maximum Gasteiger partial charge on any atom is 0.186 e. The molecule has 0 saturated carbocycles. The average Bonchev–Trinajstić information content (AvgIpc) is 2.49. The summed E-state index contributed by atoms with van der Waals surface area (Å²) in [5, 5.41) is 38.1. The molecule has 6 heteroatoms. The summed E-state index contributed by atoms with van der Waals surface area (Å²) in [7, 11) is 0. The first-order chi connectivity index (χ1) is 10.1. The fourth-order valence-electron chi connectivity index (χ4n) is 2.46. The molecule has 1 saturated heterocycles. The third-order valence-electron chi connectivity index (χ3n) is 3.88. The van der Waals surface area contributed by atoms with Crippen LogP contribution in [0, 0.1) is 0 Å². The van der Waals surface area contributed by atoms with Gasteiger partial charge in [0.15, 0.2) is 6.29 Å². The predicted octanol–water partition coefficient (Wildman–Crippen LogP) is 0.553. The summed E-state index contributed by atoms with van der Waals surface area (Å²) in [6.45, 7) is 2.19. The zero-order chi connectivity index (χ0) is 15.7. The van der Waals surface area contributed by atoms with Crippen molar-refractivity contribution in [2.75, 3.05) is 13.2 Å². The van der Waals surface area contributed by atoms with Crippen LogP contribution < -0.4 is 0 Å². The van der Waals surface area contributed by atoms with Crippen molar-refractivity contribution in [2.45, 2.75) is 82.6 Å². The Hall–Kier alpha value is -0.240. The minimum Gasteiger partial charge on any atom is -0.394 e. The van der Waals surface area contributed by atoms with Gasteiger partial charge in [-0.1, -0.05) is 45.4 Å². The van der Waals surface area contributed by atoms with E-state index in [9.17, 15) is 15.3 Å². The quantitative estimate of drug-likeness (QED) is 0.440. The second-order valence-corrected chi connectivity index (χ2v) is 5.69. The van der Waals surface area contributed by atoms with Crippen LogP contribution in [0.3, 0.4) is 0 Å². The summed E-state index contributed by atoms with van der Waals surface area (Å²) in [6.07, 6.45) is 2.20. The molecule has 0 aromatic rings. The van der Waals surface area contributed by atoms with Gasteiger partial charge < -0.3 is 29.9 Å². The molecule has 6 nitrogen and oxygen atoms in total. The van der Waals surface area contributed by atoms with Gasteiger partial charge in [0.1, 0.15) is 24.4 Å². The second-order valence-electron chi connectivity index (χ2n) is 5.69. The summed E-state index contributed by atoms with van der Waals surface area (Å²) in [4.78, 5) is 0. The van der Waals surface area contributed by atoms with Gasteiger partial charge in [0.2, 0.25) is 0 Å². The Labute approximate surface area is 126 Å². The summed E-state index contributed by atoms with van der Waals surface area (Å²) in [5.74, 6) is 0. The maximum absolute atomic E-state index is 9.78. The lowest BCUT2D eigenvalue weighted by molar-refractivity contribution is -0.301. The van der Waals surface area contributed by atoms with E-state index >= 15 is 0 Å². The van der Waals surface area contributed by atoms with Crippen molar-refractivity contribution in [3.05, 3.63) is 0 Å². The topological polar surface area (TPSA) is 99.4 Å². The van der Waals surface area contributed by atoms with E-state index in [2.05, 4.69) is 6.92 Å². The van der Waals surface area contributed by atoms with Gasteiger partial charge in [-0.05, 0) is 6.42 Å². The van der Waals surface area contributed by atoms with E-state index in [1.807, 2.05) is 0 Å². The highest BCUT2D eigenvalue weighted by Gasteiger charge is 2.43. The van der Waals surface area contributed by atoms with E-state index in [0.717, 1.165) is 19.3 Å². The highest BCUT2D eigenvalue weighted by Crippen LogP contribution is 2.22. The Morgan fingerprint density at radius 3 is 2.10 bits per heavy atom. The Morgan fingerprint density at radius 2 is 1.48 bits per heavy atom. The number of unbranched alkanes of at least 4 members (excludes halogenated alkanes) is 6. The Kier molecular flexibility index (Phi) is 9.39. The van der Waals surface area contributed by atoms with Crippen LogP contribution >= 0.6 is 0 Å².